The molecular weight excluding hydrogens is 190 g/mol. The Kier molecular flexibility index (Phi) is 2.37. The third kappa shape index (κ3) is 2.34. The van der Waals surface area contributed by atoms with Crippen molar-refractivity contribution in [1.29, 1.82) is 0 Å². The number of hydrogen-bond donors (Lipinski definition) is 3. The van der Waals surface area contributed by atoms with E-state index < -0.39 is 0 Å². The molecule has 2 aromatic rings. The van der Waals surface area contributed by atoms with Crippen molar-refractivity contribution in [3.05, 3.63) is 36.5 Å². The Hall–Kier alpha value is -2.30. The monoisotopic (exact) mass is 201 g/mol. The van der Waals surface area contributed by atoms with Gasteiger partial charge in [0.25, 0.3) is 0 Å². The van der Waals surface area contributed by atoms with Crippen LogP contribution in [-0.4, -0.2) is 9.97 Å². The van der Waals surface area contributed by atoms with Crippen LogP contribution in [0, 0.1) is 0 Å². The lowest BCUT2D eigenvalue weighted by Gasteiger charge is -2.05. The third-order valence-electron chi connectivity index (χ3n) is 1.86. The predicted molar refractivity (Wildman–Crippen MR) is 60.6 cm³/mol. The SMILES string of the molecule is Nc1ccc(Nc2ccnc(N)n2)cc1. The summed E-state index contributed by atoms with van der Waals surface area (Å²) in [6, 6.07) is 9.10. The highest BCUT2D eigenvalue weighted by Gasteiger charge is 1.96. The van der Waals surface area contributed by atoms with E-state index in [-0.39, 0.29) is 5.95 Å². The molecule has 0 aliphatic rings. The molecule has 0 atom stereocenters. The minimum Gasteiger partial charge on any atom is -0.399 e. The van der Waals surface area contributed by atoms with Crippen molar-refractivity contribution < 1.29 is 0 Å². The van der Waals surface area contributed by atoms with E-state index in [0.717, 1.165) is 11.4 Å². The quantitative estimate of drug-likeness (QED) is 0.639. The van der Waals surface area contributed by atoms with E-state index in [0.29, 0.717) is 5.82 Å². The maximum Gasteiger partial charge on any atom is 0.221 e. The Morgan fingerprint density at radius 2 is 1.73 bits per heavy atom. The van der Waals surface area contributed by atoms with Crippen molar-refractivity contribution in [2.45, 2.75) is 0 Å². The lowest BCUT2D eigenvalue weighted by atomic mass is 10.3. The number of nitrogens with zero attached hydrogens (tertiary/aromatic N) is 2. The fraction of sp³-hybridized carbons (Fsp3) is 0. The summed E-state index contributed by atoms with van der Waals surface area (Å²) >= 11 is 0. The van der Waals surface area contributed by atoms with Gasteiger partial charge in [0.15, 0.2) is 0 Å². The molecule has 0 amide bonds. The molecule has 0 aliphatic heterocycles. The molecule has 0 unspecified atom stereocenters. The highest BCUT2D eigenvalue weighted by atomic mass is 15.1. The van der Waals surface area contributed by atoms with Gasteiger partial charge < -0.3 is 16.8 Å². The van der Waals surface area contributed by atoms with Crippen LogP contribution in [0.4, 0.5) is 23.1 Å². The molecule has 1 aromatic carbocycles. The van der Waals surface area contributed by atoms with Crippen LogP contribution in [0.15, 0.2) is 36.5 Å². The topological polar surface area (TPSA) is 89.8 Å². The van der Waals surface area contributed by atoms with Gasteiger partial charge >= 0.3 is 0 Å². The van der Waals surface area contributed by atoms with Crippen molar-refractivity contribution in [1.82, 2.24) is 9.97 Å². The van der Waals surface area contributed by atoms with Gasteiger partial charge in [-0.15, -0.1) is 0 Å². The fourth-order valence-electron chi connectivity index (χ4n) is 1.16. The first-order chi connectivity index (χ1) is 7.24. The molecule has 5 N–H and O–H groups in total. The zero-order valence-electron chi connectivity index (χ0n) is 8.01. The van der Waals surface area contributed by atoms with E-state index in [2.05, 4.69) is 15.3 Å². The van der Waals surface area contributed by atoms with Gasteiger partial charge in [0.05, 0.1) is 0 Å². The Morgan fingerprint density at radius 1 is 1.00 bits per heavy atom. The molecule has 2 rings (SSSR count). The van der Waals surface area contributed by atoms with Crippen LogP contribution in [0.2, 0.25) is 0 Å². The number of rotatable bonds is 2. The number of nitrogen functional groups attached to an aromatic ring is 2. The highest BCUT2D eigenvalue weighted by molar-refractivity contribution is 5.59. The number of hydrogen-bond acceptors (Lipinski definition) is 5. The van der Waals surface area contributed by atoms with Gasteiger partial charge in [-0.3, -0.25) is 0 Å². The summed E-state index contributed by atoms with van der Waals surface area (Å²) < 4.78 is 0. The van der Waals surface area contributed by atoms with Crippen molar-refractivity contribution in [3.63, 3.8) is 0 Å². The van der Waals surface area contributed by atoms with E-state index >= 15 is 0 Å². The van der Waals surface area contributed by atoms with E-state index in [1.165, 1.54) is 0 Å². The van der Waals surface area contributed by atoms with E-state index in [1.54, 1.807) is 12.3 Å². The summed E-state index contributed by atoms with van der Waals surface area (Å²) in [4.78, 5) is 7.82. The summed E-state index contributed by atoms with van der Waals surface area (Å²) in [6.45, 7) is 0. The van der Waals surface area contributed by atoms with Crippen molar-refractivity contribution in [2.24, 2.45) is 0 Å². The van der Waals surface area contributed by atoms with Gasteiger partial charge in [-0.2, -0.15) is 4.98 Å². The Morgan fingerprint density at radius 3 is 2.40 bits per heavy atom. The number of nitrogens with one attached hydrogen (secondary N) is 1. The van der Waals surface area contributed by atoms with Crippen molar-refractivity contribution in [2.75, 3.05) is 16.8 Å². The highest BCUT2D eigenvalue weighted by Crippen LogP contribution is 2.15. The summed E-state index contributed by atoms with van der Waals surface area (Å²) in [5, 5.41) is 3.09. The van der Waals surface area contributed by atoms with Crippen LogP contribution >= 0.6 is 0 Å². The summed E-state index contributed by atoms with van der Waals surface area (Å²) in [6.07, 6.45) is 1.60. The average molecular weight is 201 g/mol. The van der Waals surface area contributed by atoms with E-state index in [1.807, 2.05) is 24.3 Å². The Bertz CT molecular complexity index is 452. The predicted octanol–water partition coefficient (Wildman–Crippen LogP) is 1.38. The molecule has 0 saturated carbocycles. The van der Waals surface area contributed by atoms with Gasteiger partial charge in [0, 0.05) is 17.6 Å². The summed E-state index contributed by atoms with van der Waals surface area (Å²) in [5.74, 6) is 0.905. The first-order valence-electron chi connectivity index (χ1n) is 4.45. The fourth-order valence-corrected chi connectivity index (χ4v) is 1.16. The van der Waals surface area contributed by atoms with Crippen LogP contribution < -0.4 is 16.8 Å². The molecule has 5 nitrogen and oxygen atoms in total. The minimum atomic E-state index is 0.246. The van der Waals surface area contributed by atoms with Gasteiger partial charge in [-0.1, -0.05) is 0 Å². The zero-order chi connectivity index (χ0) is 10.7. The van der Waals surface area contributed by atoms with E-state index in [9.17, 15) is 0 Å². The smallest absolute Gasteiger partial charge is 0.221 e. The molecule has 76 valence electrons. The molecule has 0 fully saturated rings. The molecule has 15 heavy (non-hydrogen) atoms. The molecule has 1 heterocycles. The zero-order valence-corrected chi connectivity index (χ0v) is 8.01. The number of benzene rings is 1. The summed E-state index contributed by atoms with van der Waals surface area (Å²) in [7, 11) is 0. The molecule has 0 spiro atoms. The van der Waals surface area contributed by atoms with Gasteiger partial charge in [0.2, 0.25) is 5.95 Å². The van der Waals surface area contributed by atoms with Crippen LogP contribution in [0.1, 0.15) is 0 Å². The van der Waals surface area contributed by atoms with Gasteiger partial charge in [-0.05, 0) is 30.3 Å². The maximum absolute atomic E-state index is 5.57. The summed E-state index contributed by atoms with van der Waals surface area (Å²) in [5.41, 5.74) is 12.7. The third-order valence-corrected chi connectivity index (χ3v) is 1.86. The van der Waals surface area contributed by atoms with E-state index in [4.69, 9.17) is 11.5 Å². The standard InChI is InChI=1S/C10H11N5/c11-7-1-3-8(4-2-7)14-9-5-6-13-10(12)15-9/h1-6H,11H2,(H3,12,13,14,15). The lowest BCUT2D eigenvalue weighted by molar-refractivity contribution is 1.18. The molecule has 1 aromatic heterocycles. The molecule has 0 bridgehead atoms. The molecule has 0 aliphatic carbocycles. The van der Waals surface area contributed by atoms with Crippen LogP contribution in [0.25, 0.3) is 0 Å². The molecule has 5 heteroatoms. The number of aromatic nitrogens is 2. The Labute approximate surface area is 87.2 Å². The number of anilines is 4. The van der Waals surface area contributed by atoms with Gasteiger partial charge in [0.1, 0.15) is 5.82 Å². The second-order valence-corrected chi connectivity index (χ2v) is 3.05. The molecule has 0 saturated heterocycles. The van der Waals surface area contributed by atoms with Crippen LogP contribution in [-0.2, 0) is 0 Å². The lowest BCUT2D eigenvalue weighted by Crippen LogP contribution is -1.98. The molecular formula is C10H11N5. The van der Waals surface area contributed by atoms with Crippen molar-refractivity contribution in [3.8, 4) is 0 Å². The first-order valence-corrected chi connectivity index (χ1v) is 4.45. The van der Waals surface area contributed by atoms with Crippen LogP contribution in [0.5, 0.6) is 0 Å². The molecule has 0 radical (unpaired) electrons. The normalized spacial score (nSPS) is 9.87. The largest absolute Gasteiger partial charge is 0.399 e. The number of nitrogens with two attached hydrogens (primary N) is 2. The Balaban J connectivity index is 2.18. The van der Waals surface area contributed by atoms with Crippen LogP contribution in [0.3, 0.4) is 0 Å². The second kappa shape index (κ2) is 3.83. The maximum atomic E-state index is 5.57. The minimum absolute atomic E-state index is 0.246. The average Bonchev–Trinajstić information content (AvgIpc) is 2.22. The second-order valence-electron chi connectivity index (χ2n) is 3.05. The van der Waals surface area contributed by atoms with Gasteiger partial charge in [-0.25, -0.2) is 4.98 Å². The first kappa shape index (κ1) is 9.26. The van der Waals surface area contributed by atoms with Crippen molar-refractivity contribution >= 4 is 23.1 Å².